The Labute approximate surface area is 120 Å². The summed E-state index contributed by atoms with van der Waals surface area (Å²) in [6, 6.07) is 5.70. The van der Waals surface area contributed by atoms with Crippen LogP contribution < -0.4 is 14.8 Å². The molecule has 2 aromatic rings. The number of benzene rings is 1. The van der Waals surface area contributed by atoms with Crippen molar-refractivity contribution in [3.8, 4) is 11.5 Å². The summed E-state index contributed by atoms with van der Waals surface area (Å²) in [5.74, 6) is 1.21. The zero-order chi connectivity index (χ0) is 14.5. The summed E-state index contributed by atoms with van der Waals surface area (Å²) in [7, 11) is 3.20. The van der Waals surface area contributed by atoms with E-state index in [1.165, 1.54) is 18.3 Å². The summed E-state index contributed by atoms with van der Waals surface area (Å²) in [5.41, 5.74) is 1.04. The zero-order valence-corrected chi connectivity index (χ0v) is 12.3. The second kappa shape index (κ2) is 6.33. The number of nitrogens with one attached hydrogen (secondary N) is 1. The molecule has 1 heterocycles. The van der Waals surface area contributed by atoms with Gasteiger partial charge in [0.25, 0.3) is 0 Å². The third kappa shape index (κ3) is 3.45. The molecule has 1 aromatic carbocycles. The Morgan fingerprint density at radius 3 is 2.65 bits per heavy atom. The molecule has 0 saturated carbocycles. The third-order valence-corrected chi connectivity index (χ3v) is 3.39. The molecule has 6 nitrogen and oxygen atoms in total. The predicted octanol–water partition coefficient (Wildman–Crippen LogP) is 2.10. The molecular formula is C13H15N3O3S. The number of anilines is 1. The lowest BCUT2D eigenvalue weighted by atomic mass is 10.1. The maximum atomic E-state index is 10.9. The fraction of sp³-hybridized carbons (Fsp3) is 0.308. The number of amides is 1. The van der Waals surface area contributed by atoms with Gasteiger partial charge in [0.15, 0.2) is 11.5 Å². The van der Waals surface area contributed by atoms with Crippen LogP contribution >= 0.6 is 11.3 Å². The average Bonchev–Trinajstić information content (AvgIpc) is 2.85. The van der Waals surface area contributed by atoms with E-state index in [9.17, 15) is 4.79 Å². The molecule has 1 N–H and O–H groups in total. The topological polar surface area (TPSA) is 73.3 Å². The summed E-state index contributed by atoms with van der Waals surface area (Å²) < 4.78 is 10.4. The molecule has 0 saturated heterocycles. The Balaban J connectivity index is 2.13. The first-order chi connectivity index (χ1) is 9.62. The normalized spacial score (nSPS) is 10.2. The van der Waals surface area contributed by atoms with E-state index < -0.39 is 0 Å². The fourth-order valence-electron chi connectivity index (χ4n) is 1.69. The lowest BCUT2D eigenvalue weighted by Crippen LogP contribution is -2.04. The third-order valence-electron chi connectivity index (χ3n) is 2.55. The molecule has 0 aliphatic heterocycles. The van der Waals surface area contributed by atoms with Crippen molar-refractivity contribution in [3.05, 3.63) is 28.8 Å². The lowest BCUT2D eigenvalue weighted by molar-refractivity contribution is -0.114. The molecule has 0 bridgehead atoms. The van der Waals surface area contributed by atoms with Crippen LogP contribution in [-0.2, 0) is 11.2 Å². The number of aromatic nitrogens is 2. The fourth-order valence-corrected chi connectivity index (χ4v) is 2.51. The van der Waals surface area contributed by atoms with Gasteiger partial charge >= 0.3 is 0 Å². The lowest BCUT2D eigenvalue weighted by Gasteiger charge is -2.08. The highest BCUT2D eigenvalue weighted by Crippen LogP contribution is 2.29. The van der Waals surface area contributed by atoms with Crippen molar-refractivity contribution in [1.29, 1.82) is 0 Å². The number of carbonyl (C=O) groups excluding carboxylic acids is 1. The number of methoxy groups -OCH3 is 2. The van der Waals surface area contributed by atoms with Crippen LogP contribution in [0.2, 0.25) is 0 Å². The molecule has 0 fully saturated rings. The Kier molecular flexibility index (Phi) is 4.52. The van der Waals surface area contributed by atoms with Crippen molar-refractivity contribution in [2.75, 3.05) is 19.5 Å². The van der Waals surface area contributed by atoms with Crippen molar-refractivity contribution >= 4 is 22.4 Å². The Morgan fingerprint density at radius 1 is 1.25 bits per heavy atom. The first-order valence-electron chi connectivity index (χ1n) is 5.93. The molecule has 2 rings (SSSR count). The van der Waals surface area contributed by atoms with Gasteiger partial charge in [0.1, 0.15) is 5.01 Å². The van der Waals surface area contributed by atoms with Gasteiger partial charge in [-0.2, -0.15) is 0 Å². The molecule has 20 heavy (non-hydrogen) atoms. The summed E-state index contributed by atoms with van der Waals surface area (Å²) in [4.78, 5) is 10.9. The van der Waals surface area contributed by atoms with Gasteiger partial charge in [-0.15, -0.1) is 10.2 Å². The summed E-state index contributed by atoms with van der Waals surface area (Å²) in [6.07, 6.45) is 0.623. The molecule has 0 unspecified atom stereocenters. The van der Waals surface area contributed by atoms with Gasteiger partial charge in [-0.05, 0) is 17.7 Å². The summed E-state index contributed by atoms with van der Waals surface area (Å²) in [6.45, 7) is 1.44. The van der Waals surface area contributed by atoms with Crippen LogP contribution in [0.1, 0.15) is 17.5 Å². The average molecular weight is 293 g/mol. The van der Waals surface area contributed by atoms with E-state index >= 15 is 0 Å². The van der Waals surface area contributed by atoms with Gasteiger partial charge in [-0.25, -0.2) is 0 Å². The molecule has 0 aliphatic rings. The monoisotopic (exact) mass is 293 g/mol. The molecule has 1 amide bonds. The second-order valence-corrected chi connectivity index (χ2v) is 5.11. The van der Waals surface area contributed by atoms with Crippen molar-refractivity contribution in [2.24, 2.45) is 0 Å². The highest BCUT2D eigenvalue weighted by atomic mass is 32.1. The van der Waals surface area contributed by atoms with E-state index in [0.29, 0.717) is 23.1 Å². The van der Waals surface area contributed by atoms with Crippen LogP contribution in [-0.4, -0.2) is 30.3 Å². The van der Waals surface area contributed by atoms with Crippen molar-refractivity contribution in [2.45, 2.75) is 13.3 Å². The molecule has 0 spiro atoms. The van der Waals surface area contributed by atoms with Gasteiger partial charge in [0.2, 0.25) is 11.0 Å². The minimum atomic E-state index is -0.154. The number of hydrogen-bond donors (Lipinski definition) is 1. The Bertz CT molecular complexity index is 613. The molecule has 106 valence electrons. The first kappa shape index (κ1) is 14.3. The van der Waals surface area contributed by atoms with Crippen molar-refractivity contribution in [3.63, 3.8) is 0 Å². The Morgan fingerprint density at radius 2 is 2.00 bits per heavy atom. The number of rotatable bonds is 5. The molecule has 0 radical (unpaired) electrons. The molecular weight excluding hydrogens is 278 g/mol. The maximum Gasteiger partial charge on any atom is 0.223 e. The zero-order valence-electron chi connectivity index (χ0n) is 11.5. The van der Waals surface area contributed by atoms with Crippen molar-refractivity contribution in [1.82, 2.24) is 10.2 Å². The predicted molar refractivity (Wildman–Crippen MR) is 76.6 cm³/mol. The smallest absolute Gasteiger partial charge is 0.223 e. The first-order valence-corrected chi connectivity index (χ1v) is 6.75. The number of hydrogen-bond acceptors (Lipinski definition) is 6. The van der Waals surface area contributed by atoms with Crippen LogP contribution in [0.3, 0.4) is 0 Å². The van der Waals surface area contributed by atoms with Gasteiger partial charge < -0.3 is 14.8 Å². The van der Waals surface area contributed by atoms with Gasteiger partial charge in [-0.1, -0.05) is 17.4 Å². The molecule has 1 aromatic heterocycles. The van der Waals surface area contributed by atoms with E-state index in [-0.39, 0.29) is 5.91 Å². The van der Waals surface area contributed by atoms with E-state index in [4.69, 9.17) is 9.47 Å². The highest BCUT2D eigenvalue weighted by molar-refractivity contribution is 7.15. The minimum Gasteiger partial charge on any atom is -0.493 e. The van der Waals surface area contributed by atoms with E-state index in [2.05, 4.69) is 15.5 Å². The molecule has 0 atom stereocenters. The summed E-state index contributed by atoms with van der Waals surface area (Å²) in [5, 5.41) is 11.9. The Hall–Kier alpha value is -2.15. The highest BCUT2D eigenvalue weighted by Gasteiger charge is 2.09. The van der Waals surface area contributed by atoms with Crippen LogP contribution in [0.5, 0.6) is 11.5 Å². The van der Waals surface area contributed by atoms with Crippen LogP contribution in [0, 0.1) is 0 Å². The number of carbonyl (C=O) groups is 1. The largest absolute Gasteiger partial charge is 0.493 e. The SMILES string of the molecule is COc1ccc(Cc2nnc(NC(C)=O)s2)cc1OC. The van der Waals surface area contributed by atoms with Crippen LogP contribution in [0.25, 0.3) is 0 Å². The maximum absolute atomic E-state index is 10.9. The second-order valence-electron chi connectivity index (χ2n) is 4.05. The van der Waals surface area contributed by atoms with Gasteiger partial charge in [0.05, 0.1) is 14.2 Å². The van der Waals surface area contributed by atoms with E-state index in [0.717, 1.165) is 10.6 Å². The van der Waals surface area contributed by atoms with E-state index in [1.807, 2.05) is 18.2 Å². The van der Waals surface area contributed by atoms with E-state index in [1.54, 1.807) is 14.2 Å². The number of ether oxygens (including phenoxy) is 2. The van der Waals surface area contributed by atoms with Gasteiger partial charge in [0, 0.05) is 13.3 Å². The quantitative estimate of drug-likeness (QED) is 0.914. The van der Waals surface area contributed by atoms with Crippen LogP contribution in [0.15, 0.2) is 18.2 Å². The van der Waals surface area contributed by atoms with Crippen LogP contribution in [0.4, 0.5) is 5.13 Å². The standard InChI is InChI=1S/C13H15N3O3S/c1-8(17)14-13-16-15-12(20-13)7-9-4-5-10(18-2)11(6-9)19-3/h4-6H,7H2,1-3H3,(H,14,16,17). The molecule has 0 aliphatic carbocycles. The summed E-state index contributed by atoms with van der Waals surface area (Å²) >= 11 is 1.35. The molecule has 7 heteroatoms. The van der Waals surface area contributed by atoms with Gasteiger partial charge in [-0.3, -0.25) is 4.79 Å². The number of nitrogens with zero attached hydrogens (tertiary/aromatic N) is 2. The minimum absolute atomic E-state index is 0.154. The van der Waals surface area contributed by atoms with Crippen molar-refractivity contribution < 1.29 is 14.3 Å².